The number of nitrogens with one attached hydrogen (secondary N) is 1. The minimum atomic E-state index is -0.0826. The van der Waals surface area contributed by atoms with Crippen LogP contribution in [0.15, 0.2) is 0 Å². The summed E-state index contributed by atoms with van der Waals surface area (Å²) in [4.78, 5) is 14.1. The van der Waals surface area contributed by atoms with Crippen LogP contribution in [0.2, 0.25) is 0 Å². The lowest BCUT2D eigenvalue weighted by Crippen LogP contribution is -2.51. The summed E-state index contributed by atoms with van der Waals surface area (Å²) in [5, 5.41) is 3.22. The van der Waals surface area contributed by atoms with E-state index in [4.69, 9.17) is 4.74 Å². The van der Waals surface area contributed by atoms with E-state index in [1.165, 1.54) is 0 Å². The Kier molecular flexibility index (Phi) is 4.33. The number of hydrogen-bond donors (Lipinski definition) is 1. The molecule has 0 aromatic rings. The molecule has 1 saturated heterocycles. The van der Waals surface area contributed by atoms with Gasteiger partial charge in [-0.2, -0.15) is 0 Å². The molecule has 1 N–H and O–H groups in total. The molecule has 16 heavy (non-hydrogen) atoms. The Labute approximate surface area is 98.3 Å². The summed E-state index contributed by atoms with van der Waals surface area (Å²) in [7, 11) is 3.58. The summed E-state index contributed by atoms with van der Waals surface area (Å²) in [6, 6.07) is -0.0826. The van der Waals surface area contributed by atoms with Crippen molar-refractivity contribution in [1.29, 1.82) is 0 Å². The molecule has 0 spiro atoms. The van der Waals surface area contributed by atoms with Gasteiger partial charge in [-0.25, -0.2) is 0 Å². The first kappa shape index (κ1) is 13.5. The van der Waals surface area contributed by atoms with Gasteiger partial charge < -0.3 is 15.0 Å². The number of ether oxygens (including phenoxy) is 1. The van der Waals surface area contributed by atoms with Gasteiger partial charge in [-0.3, -0.25) is 4.79 Å². The lowest BCUT2D eigenvalue weighted by Gasteiger charge is -2.36. The van der Waals surface area contributed by atoms with E-state index in [-0.39, 0.29) is 23.6 Å². The third kappa shape index (κ3) is 2.74. The Morgan fingerprint density at radius 1 is 1.56 bits per heavy atom. The van der Waals surface area contributed by atoms with E-state index in [0.29, 0.717) is 0 Å². The maximum Gasteiger partial charge on any atom is 0.239 e. The quantitative estimate of drug-likeness (QED) is 0.781. The van der Waals surface area contributed by atoms with Gasteiger partial charge in [0.05, 0.1) is 12.1 Å². The van der Waals surface area contributed by atoms with Gasteiger partial charge >= 0.3 is 0 Å². The standard InChI is InChI=1S/C12H24N2O2/c1-6-12(2,3)14(4)11(15)10-7-9(16-5)8-13-10/h9-10,13H,6-8H2,1-5H3. The Bertz CT molecular complexity index is 253. The van der Waals surface area contributed by atoms with Crippen molar-refractivity contribution in [2.75, 3.05) is 20.7 Å². The molecule has 0 aromatic carbocycles. The van der Waals surface area contributed by atoms with Crippen molar-refractivity contribution in [1.82, 2.24) is 10.2 Å². The molecule has 0 aliphatic carbocycles. The highest BCUT2D eigenvalue weighted by Gasteiger charge is 2.35. The molecule has 0 radical (unpaired) electrons. The molecular formula is C12H24N2O2. The predicted molar refractivity (Wildman–Crippen MR) is 64.3 cm³/mol. The molecule has 1 fully saturated rings. The van der Waals surface area contributed by atoms with Crippen LogP contribution in [0, 0.1) is 0 Å². The molecule has 1 heterocycles. The van der Waals surface area contributed by atoms with E-state index in [0.717, 1.165) is 19.4 Å². The van der Waals surface area contributed by atoms with E-state index in [9.17, 15) is 4.79 Å². The van der Waals surface area contributed by atoms with E-state index < -0.39 is 0 Å². The molecule has 1 amide bonds. The summed E-state index contributed by atoms with van der Waals surface area (Å²) in [6.45, 7) is 7.05. The lowest BCUT2D eigenvalue weighted by atomic mass is 9.98. The third-order valence-corrected chi connectivity index (χ3v) is 3.83. The summed E-state index contributed by atoms with van der Waals surface area (Å²) in [6.07, 6.45) is 1.90. The predicted octanol–water partition coefficient (Wildman–Crippen LogP) is 1.01. The van der Waals surface area contributed by atoms with Gasteiger partial charge in [0.15, 0.2) is 0 Å². The van der Waals surface area contributed by atoms with Gasteiger partial charge in [-0.05, 0) is 26.7 Å². The average Bonchev–Trinajstić information content (AvgIpc) is 2.75. The fourth-order valence-electron chi connectivity index (χ4n) is 1.84. The van der Waals surface area contributed by atoms with E-state index in [1.54, 1.807) is 7.11 Å². The molecule has 1 aliphatic rings. The molecule has 0 bridgehead atoms. The monoisotopic (exact) mass is 228 g/mol. The molecule has 0 saturated carbocycles. The summed E-state index contributed by atoms with van der Waals surface area (Å²) >= 11 is 0. The summed E-state index contributed by atoms with van der Waals surface area (Å²) < 4.78 is 5.25. The number of likely N-dealkylation sites (N-methyl/N-ethyl adjacent to an activating group) is 1. The number of carbonyl (C=O) groups excluding carboxylic acids is 1. The minimum absolute atomic E-state index is 0.0794. The fraction of sp³-hybridized carbons (Fsp3) is 0.917. The van der Waals surface area contributed by atoms with Gasteiger partial charge in [0.25, 0.3) is 0 Å². The second-order valence-corrected chi connectivity index (χ2v) is 5.12. The fourth-order valence-corrected chi connectivity index (χ4v) is 1.84. The van der Waals surface area contributed by atoms with Crippen LogP contribution < -0.4 is 5.32 Å². The van der Waals surface area contributed by atoms with Crippen LogP contribution in [0.5, 0.6) is 0 Å². The maximum absolute atomic E-state index is 12.2. The van der Waals surface area contributed by atoms with Crippen molar-refractivity contribution in [2.24, 2.45) is 0 Å². The van der Waals surface area contributed by atoms with E-state index in [1.807, 2.05) is 11.9 Å². The van der Waals surface area contributed by atoms with Crippen molar-refractivity contribution in [3.05, 3.63) is 0 Å². The number of hydrogen-bond acceptors (Lipinski definition) is 3. The average molecular weight is 228 g/mol. The first-order chi connectivity index (χ1) is 7.42. The van der Waals surface area contributed by atoms with E-state index >= 15 is 0 Å². The number of amides is 1. The van der Waals surface area contributed by atoms with Crippen LogP contribution in [0.3, 0.4) is 0 Å². The largest absolute Gasteiger partial charge is 0.380 e. The van der Waals surface area contributed by atoms with Gasteiger partial charge in [-0.15, -0.1) is 0 Å². The summed E-state index contributed by atoms with van der Waals surface area (Å²) in [5.74, 6) is 0.173. The number of methoxy groups -OCH3 is 1. The zero-order valence-electron chi connectivity index (χ0n) is 11.0. The molecule has 0 aromatic heterocycles. The molecular weight excluding hydrogens is 204 g/mol. The smallest absolute Gasteiger partial charge is 0.239 e. The van der Waals surface area contributed by atoms with Crippen LogP contribution in [-0.2, 0) is 9.53 Å². The normalized spacial score (nSPS) is 25.8. The molecule has 2 atom stereocenters. The van der Waals surface area contributed by atoms with Crippen LogP contribution in [0.25, 0.3) is 0 Å². The third-order valence-electron chi connectivity index (χ3n) is 3.83. The van der Waals surface area contributed by atoms with Crippen molar-refractivity contribution >= 4 is 5.91 Å². The highest BCUT2D eigenvalue weighted by Crippen LogP contribution is 2.20. The topological polar surface area (TPSA) is 41.6 Å². The zero-order valence-corrected chi connectivity index (χ0v) is 11.0. The second-order valence-electron chi connectivity index (χ2n) is 5.12. The SMILES string of the molecule is CCC(C)(C)N(C)C(=O)C1CC(OC)CN1. The van der Waals surface area contributed by atoms with Gasteiger partial charge in [-0.1, -0.05) is 6.92 Å². The first-order valence-electron chi connectivity index (χ1n) is 5.96. The van der Waals surface area contributed by atoms with Gasteiger partial charge in [0, 0.05) is 26.2 Å². The Morgan fingerprint density at radius 3 is 2.62 bits per heavy atom. The Morgan fingerprint density at radius 2 is 2.19 bits per heavy atom. The maximum atomic E-state index is 12.2. The van der Waals surface area contributed by atoms with Crippen molar-refractivity contribution in [3.63, 3.8) is 0 Å². The van der Waals surface area contributed by atoms with Gasteiger partial charge in [0.2, 0.25) is 5.91 Å². The lowest BCUT2D eigenvalue weighted by molar-refractivity contribution is -0.136. The molecule has 2 unspecified atom stereocenters. The van der Waals surface area contributed by atoms with Gasteiger partial charge in [0.1, 0.15) is 0 Å². The molecule has 1 aliphatic heterocycles. The minimum Gasteiger partial charge on any atom is -0.380 e. The molecule has 94 valence electrons. The number of rotatable bonds is 4. The zero-order chi connectivity index (χ0) is 12.3. The van der Waals surface area contributed by atoms with E-state index in [2.05, 4.69) is 26.1 Å². The Hall–Kier alpha value is -0.610. The number of nitrogens with zero attached hydrogens (tertiary/aromatic N) is 1. The van der Waals surface area contributed by atoms with Crippen LogP contribution in [-0.4, -0.2) is 49.2 Å². The highest BCUT2D eigenvalue weighted by molar-refractivity contribution is 5.82. The molecule has 4 heteroatoms. The molecule has 4 nitrogen and oxygen atoms in total. The van der Waals surface area contributed by atoms with Crippen molar-refractivity contribution < 1.29 is 9.53 Å². The summed E-state index contributed by atoms with van der Waals surface area (Å²) in [5.41, 5.74) is -0.0794. The molecule has 1 rings (SSSR count). The number of carbonyl (C=O) groups is 1. The second kappa shape index (κ2) is 5.15. The van der Waals surface area contributed by atoms with Crippen molar-refractivity contribution in [2.45, 2.75) is 51.3 Å². The van der Waals surface area contributed by atoms with Crippen molar-refractivity contribution in [3.8, 4) is 0 Å². The van der Waals surface area contributed by atoms with Crippen LogP contribution in [0.4, 0.5) is 0 Å². The van der Waals surface area contributed by atoms with Crippen LogP contribution >= 0.6 is 0 Å². The van der Waals surface area contributed by atoms with Crippen LogP contribution in [0.1, 0.15) is 33.6 Å². The highest BCUT2D eigenvalue weighted by atomic mass is 16.5. The first-order valence-corrected chi connectivity index (χ1v) is 5.96. The Balaban J connectivity index is 2.58.